The van der Waals surface area contributed by atoms with Gasteiger partial charge >= 0.3 is 5.97 Å². The van der Waals surface area contributed by atoms with Gasteiger partial charge in [-0.2, -0.15) is 0 Å². The summed E-state index contributed by atoms with van der Waals surface area (Å²) in [5, 5.41) is 2.75. The number of esters is 1. The van der Waals surface area contributed by atoms with Gasteiger partial charge in [0.05, 0.1) is 11.1 Å². The highest BCUT2D eigenvalue weighted by atomic mass is 32.2. The van der Waals surface area contributed by atoms with E-state index in [1.165, 1.54) is 30.0 Å². The van der Waals surface area contributed by atoms with Gasteiger partial charge in [-0.15, -0.1) is 23.1 Å². The van der Waals surface area contributed by atoms with Crippen molar-refractivity contribution < 1.29 is 14.3 Å². The molecule has 142 valence electrons. The first kappa shape index (κ1) is 20.4. The molecule has 0 saturated heterocycles. The van der Waals surface area contributed by atoms with Crippen LogP contribution in [0.2, 0.25) is 0 Å². The molecule has 0 unspecified atom stereocenters. The van der Waals surface area contributed by atoms with Crippen LogP contribution < -0.4 is 10.9 Å². The first-order valence-electron chi connectivity index (χ1n) is 8.33. The van der Waals surface area contributed by atoms with Gasteiger partial charge in [0.15, 0.2) is 6.10 Å². The Balaban J connectivity index is 1.99. The molecule has 0 aliphatic rings. The lowest BCUT2D eigenvalue weighted by atomic mass is 10.2. The van der Waals surface area contributed by atoms with Crippen LogP contribution in [0.1, 0.15) is 37.0 Å². The summed E-state index contributed by atoms with van der Waals surface area (Å²) in [7, 11) is 0. The Hall–Kier alpha value is -1.87. The van der Waals surface area contributed by atoms with E-state index in [2.05, 4.69) is 15.3 Å². The Labute approximate surface area is 159 Å². The number of nitrogens with one attached hydrogen (secondary N) is 2. The lowest BCUT2D eigenvalue weighted by molar-refractivity contribution is -0.153. The number of amides is 1. The molecule has 0 radical (unpaired) electrons. The van der Waals surface area contributed by atoms with Crippen molar-refractivity contribution in [2.24, 2.45) is 0 Å². The number of hydrogen-bond donors (Lipinski definition) is 2. The van der Waals surface area contributed by atoms with E-state index in [-0.39, 0.29) is 11.5 Å². The average Bonchev–Trinajstić information content (AvgIpc) is 2.87. The molecule has 2 N–H and O–H groups in total. The number of carbonyl (C=O) groups excluding carboxylic acids is 2. The highest BCUT2D eigenvalue weighted by molar-refractivity contribution is 7.99. The summed E-state index contributed by atoms with van der Waals surface area (Å²) in [6.45, 7) is 9.39. The van der Waals surface area contributed by atoms with E-state index in [1.807, 2.05) is 13.8 Å². The molecule has 7 nitrogen and oxygen atoms in total. The van der Waals surface area contributed by atoms with Gasteiger partial charge in [-0.3, -0.25) is 14.4 Å². The number of aromatic amines is 1. The molecule has 9 heteroatoms. The number of H-pyrrole nitrogens is 1. The predicted molar refractivity (Wildman–Crippen MR) is 105 cm³/mol. The molecule has 0 aromatic carbocycles. The number of likely N-dealkylation sites (N-methyl/N-ethyl adjacent to an activating group) is 1. The molecule has 0 aliphatic carbocycles. The van der Waals surface area contributed by atoms with Crippen molar-refractivity contribution in [2.75, 3.05) is 6.54 Å². The smallest absolute Gasteiger partial charge is 0.319 e. The van der Waals surface area contributed by atoms with E-state index in [0.29, 0.717) is 28.3 Å². The number of rotatable bonds is 7. The van der Waals surface area contributed by atoms with Gasteiger partial charge in [0.2, 0.25) is 0 Å². The van der Waals surface area contributed by atoms with Crippen molar-refractivity contribution in [2.45, 2.75) is 51.7 Å². The summed E-state index contributed by atoms with van der Waals surface area (Å²) in [4.78, 5) is 45.0. The second-order valence-electron chi connectivity index (χ2n) is 5.90. The first-order chi connectivity index (χ1) is 12.2. The topological polar surface area (TPSA) is 101 Å². The molecular weight excluding hydrogens is 374 g/mol. The molecule has 1 amide bonds. The first-order valence-corrected chi connectivity index (χ1v) is 10.2. The summed E-state index contributed by atoms with van der Waals surface area (Å²) in [6.07, 6.45) is -0.836. The number of aryl methyl sites for hydroxylation is 2. The zero-order chi connectivity index (χ0) is 19.4. The second kappa shape index (κ2) is 8.68. The maximum absolute atomic E-state index is 12.3. The largest absolute Gasteiger partial charge is 0.452 e. The quantitative estimate of drug-likeness (QED) is 0.695. The number of thiophene rings is 1. The molecule has 2 aromatic rings. The normalized spacial score (nSPS) is 13.4. The van der Waals surface area contributed by atoms with E-state index < -0.39 is 17.3 Å². The highest BCUT2D eigenvalue weighted by Gasteiger charge is 2.22. The highest BCUT2D eigenvalue weighted by Crippen LogP contribution is 2.26. The number of thioether (sulfide) groups is 1. The van der Waals surface area contributed by atoms with E-state index >= 15 is 0 Å². The predicted octanol–water partition coefficient (Wildman–Crippen LogP) is 2.29. The fraction of sp³-hybridized carbons (Fsp3) is 0.529. The van der Waals surface area contributed by atoms with Gasteiger partial charge < -0.3 is 15.0 Å². The van der Waals surface area contributed by atoms with Crippen LogP contribution in [0.5, 0.6) is 0 Å². The van der Waals surface area contributed by atoms with Crippen LogP contribution >= 0.6 is 23.1 Å². The van der Waals surface area contributed by atoms with Crippen molar-refractivity contribution in [3.63, 3.8) is 0 Å². The molecule has 2 atom stereocenters. The molecule has 0 bridgehead atoms. The molecule has 2 aromatic heterocycles. The van der Waals surface area contributed by atoms with Crippen molar-refractivity contribution in [3.05, 3.63) is 26.6 Å². The minimum atomic E-state index is -0.836. The van der Waals surface area contributed by atoms with Crippen molar-refractivity contribution in [1.29, 1.82) is 0 Å². The third-order valence-corrected chi connectivity index (χ3v) is 6.14. The number of ether oxygens (including phenoxy) is 1. The van der Waals surface area contributed by atoms with Crippen LogP contribution in [0, 0.1) is 13.8 Å². The van der Waals surface area contributed by atoms with Crippen LogP contribution in [0.4, 0.5) is 0 Å². The molecule has 0 saturated carbocycles. The number of carbonyl (C=O) groups is 2. The number of aromatic nitrogens is 2. The van der Waals surface area contributed by atoms with Gasteiger partial charge in [0, 0.05) is 11.4 Å². The summed E-state index contributed by atoms with van der Waals surface area (Å²) in [5.41, 5.74) is 0.793. The van der Waals surface area contributed by atoms with Gasteiger partial charge in [-0.25, -0.2) is 4.98 Å². The fourth-order valence-corrected chi connectivity index (χ4v) is 4.07. The monoisotopic (exact) mass is 397 g/mol. The zero-order valence-corrected chi connectivity index (χ0v) is 17.1. The third-order valence-electron chi connectivity index (χ3n) is 3.90. The molecule has 26 heavy (non-hydrogen) atoms. The summed E-state index contributed by atoms with van der Waals surface area (Å²) in [5.74, 6) is 0.0931. The zero-order valence-electron chi connectivity index (χ0n) is 15.5. The fourth-order valence-electron chi connectivity index (χ4n) is 2.28. The van der Waals surface area contributed by atoms with Crippen LogP contribution in [0.25, 0.3) is 10.2 Å². The maximum atomic E-state index is 12.3. The van der Waals surface area contributed by atoms with E-state index in [0.717, 1.165) is 10.4 Å². The van der Waals surface area contributed by atoms with E-state index in [1.54, 1.807) is 13.8 Å². The van der Waals surface area contributed by atoms with Gasteiger partial charge in [-0.05, 0) is 40.2 Å². The number of fused-ring (bicyclic) bond motifs is 1. The Bertz CT molecular complexity index is 875. The minimum absolute atomic E-state index is 0.160. The van der Waals surface area contributed by atoms with Gasteiger partial charge in [-0.1, -0.05) is 0 Å². The standard InChI is InChI=1S/C17H23N3O4S2/c1-6-18-14(21)9(3)24-17(23)11(5)25-7-12-19-15(22)13-8(2)10(4)26-16(13)20-12/h9,11H,6-7H2,1-5H3,(H,18,21)(H,19,20,22)/t9-,11-/m0/s1. The van der Waals surface area contributed by atoms with Crippen LogP contribution in [-0.4, -0.2) is 39.7 Å². The Morgan fingerprint density at radius 3 is 2.69 bits per heavy atom. The number of nitrogens with zero attached hydrogens (tertiary/aromatic N) is 1. The lowest BCUT2D eigenvalue weighted by Gasteiger charge is -2.16. The Morgan fingerprint density at radius 2 is 2.04 bits per heavy atom. The Kier molecular flexibility index (Phi) is 6.82. The average molecular weight is 398 g/mol. The SMILES string of the molecule is CCNC(=O)[C@H](C)OC(=O)[C@H](C)SCc1nc2sc(C)c(C)c2c(=O)[nH]1. The molecule has 0 aliphatic heterocycles. The lowest BCUT2D eigenvalue weighted by Crippen LogP contribution is -2.37. The summed E-state index contributed by atoms with van der Waals surface area (Å²) >= 11 is 2.79. The second-order valence-corrected chi connectivity index (χ2v) is 8.44. The van der Waals surface area contributed by atoms with Gasteiger partial charge in [0.25, 0.3) is 11.5 Å². The summed E-state index contributed by atoms with van der Waals surface area (Å²) < 4.78 is 5.17. The van der Waals surface area contributed by atoms with Gasteiger partial charge in [0.1, 0.15) is 15.9 Å². The summed E-state index contributed by atoms with van der Waals surface area (Å²) in [6, 6.07) is 0. The van der Waals surface area contributed by atoms with E-state index in [4.69, 9.17) is 4.74 Å². The molecule has 2 heterocycles. The van der Waals surface area contributed by atoms with Crippen LogP contribution in [0.3, 0.4) is 0 Å². The Morgan fingerprint density at radius 1 is 1.35 bits per heavy atom. The molecule has 0 spiro atoms. The van der Waals surface area contributed by atoms with Crippen LogP contribution in [0.15, 0.2) is 4.79 Å². The van der Waals surface area contributed by atoms with E-state index in [9.17, 15) is 14.4 Å². The van der Waals surface area contributed by atoms with Crippen molar-refractivity contribution >= 4 is 45.2 Å². The minimum Gasteiger partial charge on any atom is -0.452 e. The van der Waals surface area contributed by atoms with Crippen molar-refractivity contribution in [3.8, 4) is 0 Å². The third kappa shape index (κ3) is 4.64. The molecule has 0 fully saturated rings. The molecule has 2 rings (SSSR count). The van der Waals surface area contributed by atoms with Crippen molar-refractivity contribution in [1.82, 2.24) is 15.3 Å². The maximum Gasteiger partial charge on any atom is 0.319 e. The number of hydrogen-bond acceptors (Lipinski definition) is 7. The molecular formula is C17H23N3O4S2. The van der Waals surface area contributed by atoms with Crippen LogP contribution in [-0.2, 0) is 20.1 Å².